The second-order valence-corrected chi connectivity index (χ2v) is 3.59. The van der Waals surface area contributed by atoms with Crippen LogP contribution < -0.4 is 0 Å². The summed E-state index contributed by atoms with van der Waals surface area (Å²) in [6.45, 7) is 1.98. The molecule has 0 bridgehead atoms. The summed E-state index contributed by atoms with van der Waals surface area (Å²) in [5.74, 6) is 6.89. The van der Waals surface area contributed by atoms with Crippen LogP contribution in [0.3, 0.4) is 0 Å². The van der Waals surface area contributed by atoms with Gasteiger partial charge in [-0.2, -0.15) is 12.6 Å². The maximum atomic E-state index is 5.88. The van der Waals surface area contributed by atoms with Crippen molar-refractivity contribution in [3.05, 3.63) is 34.3 Å². The minimum atomic E-state index is 0.791. The molecule has 0 aliphatic heterocycles. The second kappa shape index (κ2) is 5.21. The molecule has 0 fully saturated rings. The van der Waals surface area contributed by atoms with E-state index in [0.29, 0.717) is 0 Å². The first-order valence-electron chi connectivity index (χ1n) is 4.10. The van der Waals surface area contributed by atoms with E-state index in [0.717, 1.165) is 28.3 Å². The van der Waals surface area contributed by atoms with Crippen LogP contribution in [0.5, 0.6) is 0 Å². The molecule has 0 amide bonds. The van der Waals surface area contributed by atoms with Gasteiger partial charge >= 0.3 is 0 Å². The molecule has 2 heteroatoms. The summed E-state index contributed by atoms with van der Waals surface area (Å²) in [6, 6.07) is 5.80. The molecule has 1 aromatic rings. The van der Waals surface area contributed by atoms with Gasteiger partial charge in [0.05, 0.1) is 0 Å². The van der Waals surface area contributed by atoms with E-state index >= 15 is 0 Å². The number of rotatable bonds is 1. The molecular weight excluding hydrogens is 200 g/mol. The van der Waals surface area contributed by atoms with Crippen molar-refractivity contribution >= 4 is 24.2 Å². The number of benzene rings is 1. The molecule has 1 aromatic carbocycles. The first kappa shape index (κ1) is 10.5. The lowest BCUT2D eigenvalue weighted by atomic mass is 10.1. The molecule has 0 aromatic heterocycles. The first-order valence-corrected chi connectivity index (χ1v) is 5.11. The molecule has 0 nitrogen and oxygen atoms in total. The zero-order valence-corrected chi connectivity index (χ0v) is 9.12. The summed E-state index contributed by atoms with van der Waals surface area (Å²) in [5, 5.41) is 0.791. The van der Waals surface area contributed by atoms with Crippen molar-refractivity contribution in [1.82, 2.24) is 0 Å². The molecule has 0 radical (unpaired) electrons. The van der Waals surface area contributed by atoms with E-state index in [9.17, 15) is 0 Å². The van der Waals surface area contributed by atoms with Crippen LogP contribution in [0.15, 0.2) is 18.2 Å². The number of thiol groups is 1. The Morgan fingerprint density at radius 2 is 2.23 bits per heavy atom. The lowest BCUT2D eigenvalue weighted by Gasteiger charge is -1.96. The minimum absolute atomic E-state index is 0.791. The monoisotopic (exact) mass is 210 g/mol. The maximum absolute atomic E-state index is 5.88. The standard InChI is InChI=1S/C11H11ClS/c1-9-8-10(4-2-3-7-13)5-6-11(9)12/h5-6,8,13H,3,7H2,1H3. The van der Waals surface area contributed by atoms with Gasteiger partial charge in [-0.15, -0.1) is 0 Å². The van der Waals surface area contributed by atoms with Crippen molar-refractivity contribution in [2.24, 2.45) is 0 Å². The van der Waals surface area contributed by atoms with Crippen LogP contribution in [0.25, 0.3) is 0 Å². The van der Waals surface area contributed by atoms with Crippen LogP contribution in [0.2, 0.25) is 5.02 Å². The Kier molecular flexibility index (Phi) is 4.21. The zero-order valence-electron chi connectivity index (χ0n) is 7.47. The molecule has 0 saturated heterocycles. The Labute approximate surface area is 89.7 Å². The highest BCUT2D eigenvalue weighted by molar-refractivity contribution is 7.80. The molecule has 0 N–H and O–H groups in total. The van der Waals surface area contributed by atoms with Gasteiger partial charge in [-0.3, -0.25) is 0 Å². The van der Waals surface area contributed by atoms with E-state index in [1.54, 1.807) is 0 Å². The van der Waals surface area contributed by atoms with E-state index in [1.807, 2.05) is 25.1 Å². The molecule has 0 atom stereocenters. The Bertz CT molecular complexity index is 347. The zero-order chi connectivity index (χ0) is 9.68. The largest absolute Gasteiger partial charge is 0.178 e. The van der Waals surface area contributed by atoms with E-state index in [-0.39, 0.29) is 0 Å². The van der Waals surface area contributed by atoms with Crippen LogP contribution in [0, 0.1) is 18.8 Å². The van der Waals surface area contributed by atoms with Gasteiger partial charge in [0.15, 0.2) is 0 Å². The summed E-state index contributed by atoms with van der Waals surface area (Å²) in [5.41, 5.74) is 2.09. The third kappa shape index (κ3) is 3.34. The van der Waals surface area contributed by atoms with Gasteiger partial charge in [0, 0.05) is 22.8 Å². The fraction of sp³-hybridized carbons (Fsp3) is 0.273. The topological polar surface area (TPSA) is 0 Å². The minimum Gasteiger partial charge on any atom is -0.178 e. The van der Waals surface area contributed by atoms with Gasteiger partial charge in [0.25, 0.3) is 0 Å². The van der Waals surface area contributed by atoms with Crippen LogP contribution in [-0.4, -0.2) is 5.75 Å². The summed E-state index contributed by atoms with van der Waals surface area (Å²) < 4.78 is 0. The molecule has 0 saturated carbocycles. The normalized spacial score (nSPS) is 9.15. The maximum Gasteiger partial charge on any atom is 0.0436 e. The molecule has 0 heterocycles. The third-order valence-corrected chi connectivity index (χ3v) is 2.28. The molecule has 68 valence electrons. The molecular formula is C11H11ClS. The Morgan fingerprint density at radius 1 is 1.46 bits per heavy atom. The van der Waals surface area contributed by atoms with Crippen LogP contribution in [0.4, 0.5) is 0 Å². The highest BCUT2D eigenvalue weighted by atomic mass is 35.5. The Hall–Kier alpha value is -0.580. The van der Waals surface area contributed by atoms with Crippen molar-refractivity contribution in [2.45, 2.75) is 13.3 Å². The van der Waals surface area contributed by atoms with E-state index in [2.05, 4.69) is 24.5 Å². The van der Waals surface area contributed by atoms with Crippen molar-refractivity contribution < 1.29 is 0 Å². The van der Waals surface area contributed by atoms with Crippen molar-refractivity contribution in [3.8, 4) is 11.8 Å². The second-order valence-electron chi connectivity index (χ2n) is 2.74. The smallest absolute Gasteiger partial charge is 0.0436 e. The van der Waals surface area contributed by atoms with Crippen molar-refractivity contribution in [2.75, 3.05) is 5.75 Å². The lowest BCUT2D eigenvalue weighted by molar-refractivity contribution is 1.31. The fourth-order valence-corrected chi connectivity index (χ4v) is 1.17. The van der Waals surface area contributed by atoms with Crippen LogP contribution in [-0.2, 0) is 0 Å². The van der Waals surface area contributed by atoms with E-state index < -0.39 is 0 Å². The number of aryl methyl sites for hydroxylation is 1. The van der Waals surface area contributed by atoms with Gasteiger partial charge in [-0.05, 0) is 30.7 Å². The predicted octanol–water partition coefficient (Wildman–Crippen LogP) is 3.32. The van der Waals surface area contributed by atoms with E-state index in [4.69, 9.17) is 11.6 Å². The fourth-order valence-electron chi connectivity index (χ4n) is 0.943. The molecule has 0 spiro atoms. The summed E-state index contributed by atoms with van der Waals surface area (Å²) in [7, 11) is 0. The number of hydrogen-bond acceptors (Lipinski definition) is 1. The number of halogens is 1. The van der Waals surface area contributed by atoms with Crippen molar-refractivity contribution in [1.29, 1.82) is 0 Å². The van der Waals surface area contributed by atoms with Gasteiger partial charge in [0.1, 0.15) is 0 Å². The first-order chi connectivity index (χ1) is 6.24. The highest BCUT2D eigenvalue weighted by Crippen LogP contribution is 2.15. The molecule has 13 heavy (non-hydrogen) atoms. The average molecular weight is 211 g/mol. The van der Waals surface area contributed by atoms with Crippen LogP contribution >= 0.6 is 24.2 Å². The quantitative estimate of drug-likeness (QED) is 0.534. The van der Waals surface area contributed by atoms with Gasteiger partial charge in [-0.25, -0.2) is 0 Å². The summed E-state index contributed by atoms with van der Waals surface area (Å²) in [4.78, 5) is 0. The Morgan fingerprint density at radius 3 is 2.85 bits per heavy atom. The van der Waals surface area contributed by atoms with E-state index in [1.165, 1.54) is 0 Å². The SMILES string of the molecule is Cc1cc(C#CCCS)ccc1Cl. The van der Waals surface area contributed by atoms with Crippen LogP contribution in [0.1, 0.15) is 17.5 Å². The highest BCUT2D eigenvalue weighted by Gasteiger charge is 1.93. The third-order valence-electron chi connectivity index (χ3n) is 1.63. The van der Waals surface area contributed by atoms with Crippen molar-refractivity contribution in [3.63, 3.8) is 0 Å². The molecule has 1 rings (SSSR count). The lowest BCUT2D eigenvalue weighted by Crippen LogP contribution is -1.79. The summed E-state index contributed by atoms with van der Waals surface area (Å²) >= 11 is 9.96. The average Bonchev–Trinajstić information content (AvgIpc) is 2.12. The Balaban J connectivity index is 2.81. The number of hydrogen-bond donors (Lipinski definition) is 1. The molecule has 0 aliphatic carbocycles. The molecule has 0 aliphatic rings. The summed E-state index contributed by atoms with van der Waals surface area (Å²) in [6.07, 6.45) is 0.824. The predicted molar refractivity (Wildman–Crippen MR) is 61.5 cm³/mol. The van der Waals surface area contributed by atoms with Gasteiger partial charge in [0.2, 0.25) is 0 Å². The van der Waals surface area contributed by atoms with Gasteiger partial charge in [-0.1, -0.05) is 23.4 Å². The molecule has 0 unspecified atom stereocenters. The van der Waals surface area contributed by atoms with Gasteiger partial charge < -0.3 is 0 Å².